The summed E-state index contributed by atoms with van der Waals surface area (Å²) in [5, 5.41) is 0. The fraction of sp³-hybridized carbons (Fsp3) is 0.600. The van der Waals surface area contributed by atoms with Crippen molar-refractivity contribution >= 4 is 10.0 Å². The molecule has 1 saturated heterocycles. The average Bonchev–Trinajstić information content (AvgIpc) is 2.94. The summed E-state index contributed by atoms with van der Waals surface area (Å²) in [7, 11) is -3.48. The van der Waals surface area contributed by atoms with Gasteiger partial charge in [0.2, 0.25) is 16.8 Å². The molecule has 0 bridgehead atoms. The minimum Gasteiger partial charge on any atom is -0.454 e. The highest BCUT2D eigenvalue weighted by atomic mass is 32.2. The summed E-state index contributed by atoms with van der Waals surface area (Å²) in [5.41, 5.74) is 0.0641. The van der Waals surface area contributed by atoms with E-state index in [4.69, 9.17) is 9.47 Å². The minimum atomic E-state index is -3.48. The maximum Gasteiger partial charge on any atom is 0.243 e. The van der Waals surface area contributed by atoms with Gasteiger partial charge in [-0.15, -0.1) is 0 Å². The summed E-state index contributed by atoms with van der Waals surface area (Å²) < 4.78 is 37.6. The molecule has 2 heterocycles. The lowest BCUT2D eigenvalue weighted by atomic mass is 10.1. The number of rotatable bonds is 2. The molecule has 1 fully saturated rings. The second-order valence-electron chi connectivity index (χ2n) is 6.58. The van der Waals surface area contributed by atoms with Gasteiger partial charge in [0.05, 0.1) is 4.90 Å². The van der Waals surface area contributed by atoms with Crippen LogP contribution in [0.2, 0.25) is 0 Å². The van der Waals surface area contributed by atoms with Crippen LogP contribution in [0.25, 0.3) is 0 Å². The highest BCUT2D eigenvalue weighted by Crippen LogP contribution is 2.34. The van der Waals surface area contributed by atoms with Crippen molar-refractivity contribution < 1.29 is 17.9 Å². The van der Waals surface area contributed by atoms with Gasteiger partial charge in [0, 0.05) is 37.8 Å². The van der Waals surface area contributed by atoms with Crippen molar-refractivity contribution in [1.29, 1.82) is 0 Å². The van der Waals surface area contributed by atoms with Crippen molar-refractivity contribution in [3.05, 3.63) is 18.2 Å². The first-order valence-electron chi connectivity index (χ1n) is 7.43. The van der Waals surface area contributed by atoms with E-state index in [2.05, 4.69) is 25.7 Å². The fourth-order valence-electron chi connectivity index (χ4n) is 2.79. The summed E-state index contributed by atoms with van der Waals surface area (Å²) in [6.45, 7) is 9.09. The SMILES string of the molecule is CC(C)(C)N1CCN(S(=O)(=O)c2ccc3c(c2)OCO3)CC1. The molecule has 7 heteroatoms. The molecule has 0 aliphatic carbocycles. The fourth-order valence-corrected chi connectivity index (χ4v) is 4.22. The van der Waals surface area contributed by atoms with Crippen LogP contribution >= 0.6 is 0 Å². The summed E-state index contributed by atoms with van der Waals surface area (Å²) in [6, 6.07) is 4.79. The molecule has 0 spiro atoms. The number of hydrogen-bond acceptors (Lipinski definition) is 5. The van der Waals surface area contributed by atoms with Crippen molar-refractivity contribution in [3.63, 3.8) is 0 Å². The number of ether oxygens (including phenoxy) is 2. The summed E-state index contributed by atoms with van der Waals surface area (Å²) in [4.78, 5) is 2.57. The van der Waals surface area contributed by atoms with Crippen molar-refractivity contribution in [2.45, 2.75) is 31.2 Å². The normalized spacial score (nSPS) is 20.3. The molecule has 0 aromatic heterocycles. The van der Waals surface area contributed by atoms with Gasteiger partial charge in [-0.25, -0.2) is 8.42 Å². The van der Waals surface area contributed by atoms with Gasteiger partial charge in [-0.2, -0.15) is 4.31 Å². The van der Waals surface area contributed by atoms with E-state index in [9.17, 15) is 8.42 Å². The van der Waals surface area contributed by atoms with E-state index in [1.807, 2.05) is 0 Å². The number of piperazine rings is 1. The average molecular weight is 326 g/mol. The van der Waals surface area contributed by atoms with Gasteiger partial charge in [-0.3, -0.25) is 4.90 Å². The first-order valence-corrected chi connectivity index (χ1v) is 8.87. The zero-order valence-electron chi connectivity index (χ0n) is 13.2. The molecular weight excluding hydrogens is 304 g/mol. The lowest BCUT2D eigenvalue weighted by Crippen LogP contribution is -2.54. The van der Waals surface area contributed by atoms with Gasteiger partial charge < -0.3 is 9.47 Å². The quantitative estimate of drug-likeness (QED) is 0.825. The maximum absolute atomic E-state index is 12.8. The van der Waals surface area contributed by atoms with Crippen molar-refractivity contribution in [2.24, 2.45) is 0 Å². The number of fused-ring (bicyclic) bond motifs is 1. The van der Waals surface area contributed by atoms with Gasteiger partial charge in [0.1, 0.15) is 0 Å². The summed E-state index contributed by atoms with van der Waals surface area (Å²) in [5.74, 6) is 1.09. The van der Waals surface area contributed by atoms with Gasteiger partial charge >= 0.3 is 0 Å². The number of nitrogens with zero attached hydrogens (tertiary/aromatic N) is 2. The predicted molar refractivity (Wildman–Crippen MR) is 82.6 cm³/mol. The zero-order valence-corrected chi connectivity index (χ0v) is 14.0. The standard InChI is InChI=1S/C15H22N2O4S/c1-15(2,3)16-6-8-17(9-7-16)22(18,19)12-4-5-13-14(10-12)21-11-20-13/h4-5,10H,6-9,11H2,1-3H3. The van der Waals surface area contributed by atoms with E-state index >= 15 is 0 Å². The highest BCUT2D eigenvalue weighted by molar-refractivity contribution is 7.89. The Balaban J connectivity index is 1.77. The second-order valence-corrected chi connectivity index (χ2v) is 8.51. The predicted octanol–water partition coefficient (Wildman–Crippen LogP) is 1.52. The molecule has 0 radical (unpaired) electrons. The van der Waals surface area contributed by atoms with Gasteiger partial charge in [-0.1, -0.05) is 0 Å². The molecule has 0 atom stereocenters. The monoisotopic (exact) mass is 326 g/mol. The Bertz CT molecular complexity index is 659. The molecule has 0 unspecified atom stereocenters. The molecule has 6 nitrogen and oxygen atoms in total. The Kier molecular flexibility index (Phi) is 3.82. The third-order valence-corrected chi connectivity index (χ3v) is 6.06. The molecule has 0 N–H and O–H groups in total. The van der Waals surface area contributed by atoms with Crippen LogP contribution in [0.3, 0.4) is 0 Å². The second kappa shape index (κ2) is 5.40. The van der Waals surface area contributed by atoms with Gasteiger partial charge in [-0.05, 0) is 32.9 Å². The third kappa shape index (κ3) is 2.80. The first kappa shape index (κ1) is 15.6. The van der Waals surface area contributed by atoms with E-state index in [-0.39, 0.29) is 17.2 Å². The summed E-state index contributed by atoms with van der Waals surface area (Å²) >= 11 is 0. The Hall–Kier alpha value is -1.31. The molecule has 2 aliphatic rings. The van der Waals surface area contributed by atoms with Crippen molar-refractivity contribution in [2.75, 3.05) is 33.0 Å². The lowest BCUT2D eigenvalue weighted by Gasteiger charge is -2.41. The zero-order chi connectivity index (χ0) is 16.0. The van der Waals surface area contributed by atoms with Crippen LogP contribution in [0, 0.1) is 0 Å². The topological polar surface area (TPSA) is 59.1 Å². The molecule has 0 saturated carbocycles. The van der Waals surface area contributed by atoms with Crippen LogP contribution < -0.4 is 9.47 Å². The minimum absolute atomic E-state index is 0.0641. The maximum atomic E-state index is 12.8. The van der Waals surface area contributed by atoms with E-state index in [1.165, 1.54) is 0 Å². The Labute approximate surface area is 131 Å². The van der Waals surface area contributed by atoms with E-state index in [0.29, 0.717) is 24.6 Å². The van der Waals surface area contributed by atoms with Crippen LogP contribution in [-0.4, -0.2) is 56.1 Å². The van der Waals surface area contributed by atoms with E-state index in [0.717, 1.165) is 13.1 Å². The number of benzene rings is 1. The highest BCUT2D eigenvalue weighted by Gasteiger charge is 2.32. The number of hydrogen-bond donors (Lipinski definition) is 0. The Morgan fingerprint density at radius 1 is 1.00 bits per heavy atom. The molecule has 22 heavy (non-hydrogen) atoms. The van der Waals surface area contributed by atoms with Crippen LogP contribution in [0.1, 0.15) is 20.8 Å². The smallest absolute Gasteiger partial charge is 0.243 e. The first-order chi connectivity index (χ1) is 10.3. The molecular formula is C15H22N2O4S. The van der Waals surface area contributed by atoms with E-state index in [1.54, 1.807) is 22.5 Å². The van der Waals surface area contributed by atoms with Crippen molar-refractivity contribution in [1.82, 2.24) is 9.21 Å². The molecule has 1 aromatic carbocycles. The van der Waals surface area contributed by atoms with Crippen molar-refractivity contribution in [3.8, 4) is 11.5 Å². The molecule has 0 amide bonds. The van der Waals surface area contributed by atoms with Crippen LogP contribution in [0.15, 0.2) is 23.1 Å². The number of sulfonamides is 1. The molecule has 1 aromatic rings. The molecule has 3 rings (SSSR count). The Morgan fingerprint density at radius 2 is 1.64 bits per heavy atom. The molecule has 2 aliphatic heterocycles. The van der Waals surface area contributed by atoms with E-state index < -0.39 is 10.0 Å². The third-order valence-electron chi connectivity index (χ3n) is 4.17. The van der Waals surface area contributed by atoms with Gasteiger partial charge in [0.25, 0.3) is 0 Å². The summed E-state index contributed by atoms with van der Waals surface area (Å²) in [6.07, 6.45) is 0. The Morgan fingerprint density at radius 3 is 2.27 bits per heavy atom. The van der Waals surface area contributed by atoms with Crippen LogP contribution in [0.4, 0.5) is 0 Å². The molecule has 122 valence electrons. The lowest BCUT2D eigenvalue weighted by molar-refractivity contribution is 0.0922. The van der Waals surface area contributed by atoms with Crippen LogP contribution in [-0.2, 0) is 10.0 Å². The largest absolute Gasteiger partial charge is 0.454 e. The van der Waals surface area contributed by atoms with Gasteiger partial charge in [0.15, 0.2) is 11.5 Å². The van der Waals surface area contributed by atoms with Crippen LogP contribution in [0.5, 0.6) is 11.5 Å².